The average Bonchev–Trinajstić information content (AvgIpc) is 2.69. The van der Waals surface area contributed by atoms with Crippen LogP contribution in [-0.2, 0) is 17.1 Å². The molecule has 1 fully saturated rings. The summed E-state index contributed by atoms with van der Waals surface area (Å²) in [7, 11) is -1.74. The minimum atomic E-state index is -3.44. The van der Waals surface area contributed by atoms with Crippen molar-refractivity contribution in [2.45, 2.75) is 31.2 Å². The Labute approximate surface area is 120 Å². The van der Waals surface area contributed by atoms with Crippen LogP contribution < -0.4 is 5.73 Å². The fourth-order valence-corrected chi connectivity index (χ4v) is 3.82. The number of nitrogens with zero attached hydrogens (tertiary/aromatic N) is 3. The van der Waals surface area contributed by atoms with Crippen LogP contribution in [0.3, 0.4) is 0 Å². The van der Waals surface area contributed by atoms with Gasteiger partial charge in [-0.2, -0.15) is 9.40 Å². The first-order chi connectivity index (χ1) is 8.23. The lowest BCUT2D eigenvalue weighted by molar-refractivity contribution is 0.155. The molecule has 0 bridgehead atoms. The van der Waals surface area contributed by atoms with Crippen LogP contribution in [0, 0.1) is 5.41 Å². The maximum atomic E-state index is 12.4. The molecular formula is C11H21ClN4O2S. The van der Waals surface area contributed by atoms with Gasteiger partial charge in [-0.15, -0.1) is 12.4 Å². The molecule has 1 unspecified atom stereocenters. The molecule has 0 aliphatic carbocycles. The average molecular weight is 309 g/mol. The predicted octanol–water partition coefficient (Wildman–Crippen LogP) is 0.590. The van der Waals surface area contributed by atoms with Crippen molar-refractivity contribution in [2.24, 2.45) is 18.2 Å². The van der Waals surface area contributed by atoms with Crippen molar-refractivity contribution in [1.82, 2.24) is 14.1 Å². The minimum absolute atomic E-state index is 0. The number of hydrogen-bond acceptors (Lipinski definition) is 4. The van der Waals surface area contributed by atoms with Gasteiger partial charge < -0.3 is 5.73 Å². The second-order valence-electron chi connectivity index (χ2n) is 5.57. The summed E-state index contributed by atoms with van der Waals surface area (Å²) in [5, 5.41) is 3.92. The van der Waals surface area contributed by atoms with Crippen LogP contribution in [0.25, 0.3) is 0 Å². The molecule has 19 heavy (non-hydrogen) atoms. The van der Waals surface area contributed by atoms with Gasteiger partial charge in [-0.3, -0.25) is 4.68 Å². The number of piperidine rings is 1. The molecule has 1 aromatic rings. The first-order valence-corrected chi connectivity index (χ1v) is 7.42. The van der Waals surface area contributed by atoms with Crippen LogP contribution in [0.4, 0.5) is 0 Å². The fourth-order valence-electron chi connectivity index (χ4n) is 2.21. The third-order valence-electron chi connectivity index (χ3n) is 3.60. The summed E-state index contributed by atoms with van der Waals surface area (Å²) in [6, 6.07) is 0.0397. The van der Waals surface area contributed by atoms with E-state index in [1.165, 1.54) is 21.4 Å². The fraction of sp³-hybridized carbons (Fsp3) is 0.727. The van der Waals surface area contributed by atoms with Gasteiger partial charge in [0.05, 0.1) is 6.20 Å². The van der Waals surface area contributed by atoms with Crippen LogP contribution in [0.5, 0.6) is 0 Å². The Morgan fingerprint density at radius 1 is 1.47 bits per heavy atom. The summed E-state index contributed by atoms with van der Waals surface area (Å²) in [5.41, 5.74) is 5.82. The molecule has 2 rings (SSSR count). The first kappa shape index (κ1) is 16.4. The number of aromatic nitrogens is 2. The third-order valence-corrected chi connectivity index (χ3v) is 5.39. The van der Waals surface area contributed by atoms with Gasteiger partial charge in [-0.1, -0.05) is 13.8 Å². The Bertz CT molecular complexity index is 541. The van der Waals surface area contributed by atoms with Gasteiger partial charge >= 0.3 is 0 Å². The standard InChI is InChI=1S/C11H20N4O2S.ClH/c1-11(2)8-15(5-4-10(11)12)18(16,17)9-6-13-14(3)7-9;/h6-7,10H,4-5,8,12H2,1-3H3;1H. The van der Waals surface area contributed by atoms with Gasteiger partial charge in [0.1, 0.15) is 4.90 Å². The molecule has 2 N–H and O–H groups in total. The van der Waals surface area contributed by atoms with Gasteiger partial charge in [0.25, 0.3) is 0 Å². The van der Waals surface area contributed by atoms with E-state index in [-0.39, 0.29) is 28.8 Å². The van der Waals surface area contributed by atoms with Gasteiger partial charge in [-0.25, -0.2) is 8.42 Å². The SMILES string of the molecule is Cl.Cn1cc(S(=O)(=O)N2CCC(N)C(C)(C)C2)cn1. The number of nitrogens with two attached hydrogens (primary N) is 1. The minimum Gasteiger partial charge on any atom is -0.327 e. The maximum Gasteiger partial charge on any atom is 0.246 e. The molecule has 6 nitrogen and oxygen atoms in total. The highest BCUT2D eigenvalue weighted by atomic mass is 35.5. The largest absolute Gasteiger partial charge is 0.327 e. The van der Waals surface area contributed by atoms with Crippen LogP contribution >= 0.6 is 12.4 Å². The monoisotopic (exact) mass is 308 g/mol. The van der Waals surface area contributed by atoms with Crippen molar-refractivity contribution in [3.05, 3.63) is 12.4 Å². The summed E-state index contributed by atoms with van der Waals surface area (Å²) in [6.07, 6.45) is 3.60. The third kappa shape index (κ3) is 3.10. The van der Waals surface area contributed by atoms with Gasteiger partial charge in [-0.05, 0) is 11.8 Å². The van der Waals surface area contributed by atoms with Crippen molar-refractivity contribution in [1.29, 1.82) is 0 Å². The summed E-state index contributed by atoms with van der Waals surface area (Å²) in [4.78, 5) is 0.247. The maximum absolute atomic E-state index is 12.4. The molecule has 1 aliphatic heterocycles. The second-order valence-corrected chi connectivity index (χ2v) is 7.51. The van der Waals surface area contributed by atoms with E-state index < -0.39 is 10.0 Å². The van der Waals surface area contributed by atoms with Crippen LogP contribution in [-0.4, -0.2) is 41.6 Å². The zero-order valence-corrected chi connectivity index (χ0v) is 13.0. The number of aryl methyl sites for hydroxylation is 1. The highest BCUT2D eigenvalue weighted by Gasteiger charge is 2.39. The molecular weight excluding hydrogens is 288 g/mol. The smallest absolute Gasteiger partial charge is 0.246 e. The zero-order valence-electron chi connectivity index (χ0n) is 11.4. The Morgan fingerprint density at radius 2 is 2.11 bits per heavy atom. The van der Waals surface area contributed by atoms with E-state index in [0.717, 1.165) is 0 Å². The van der Waals surface area contributed by atoms with E-state index in [2.05, 4.69) is 5.10 Å². The van der Waals surface area contributed by atoms with Gasteiger partial charge in [0.15, 0.2) is 0 Å². The normalized spacial score (nSPS) is 23.9. The topological polar surface area (TPSA) is 81.2 Å². The van der Waals surface area contributed by atoms with Crippen LogP contribution in [0.2, 0.25) is 0 Å². The molecule has 0 spiro atoms. The summed E-state index contributed by atoms with van der Waals surface area (Å²) >= 11 is 0. The van der Waals surface area contributed by atoms with E-state index >= 15 is 0 Å². The highest BCUT2D eigenvalue weighted by Crippen LogP contribution is 2.30. The molecule has 110 valence electrons. The molecule has 8 heteroatoms. The van der Waals surface area contributed by atoms with Crippen molar-refractivity contribution in [2.75, 3.05) is 13.1 Å². The molecule has 2 heterocycles. The van der Waals surface area contributed by atoms with E-state index in [1.807, 2.05) is 13.8 Å². The van der Waals surface area contributed by atoms with Crippen molar-refractivity contribution in [3.63, 3.8) is 0 Å². The molecule has 1 atom stereocenters. The molecule has 1 aromatic heterocycles. The summed E-state index contributed by atoms with van der Waals surface area (Å²) < 4.78 is 27.9. The van der Waals surface area contributed by atoms with E-state index in [4.69, 9.17) is 5.73 Å². The molecule has 1 aliphatic rings. The molecule has 0 saturated carbocycles. The molecule has 0 radical (unpaired) electrons. The lowest BCUT2D eigenvalue weighted by atomic mass is 9.81. The number of hydrogen-bond donors (Lipinski definition) is 1. The quantitative estimate of drug-likeness (QED) is 0.867. The molecule has 0 amide bonds. The van der Waals surface area contributed by atoms with Crippen molar-refractivity contribution >= 4 is 22.4 Å². The Hall–Kier alpha value is -0.630. The van der Waals surface area contributed by atoms with Crippen molar-refractivity contribution < 1.29 is 8.42 Å². The Morgan fingerprint density at radius 3 is 2.58 bits per heavy atom. The predicted molar refractivity (Wildman–Crippen MR) is 75.6 cm³/mol. The lowest BCUT2D eigenvalue weighted by Gasteiger charge is -2.41. The first-order valence-electron chi connectivity index (χ1n) is 5.98. The number of halogens is 1. The number of sulfonamides is 1. The van der Waals surface area contributed by atoms with Crippen LogP contribution in [0.15, 0.2) is 17.3 Å². The summed E-state index contributed by atoms with van der Waals surface area (Å²) in [5.74, 6) is 0. The Kier molecular flexibility index (Phi) is 4.66. The zero-order chi connectivity index (χ0) is 13.6. The number of rotatable bonds is 2. The van der Waals surface area contributed by atoms with Crippen LogP contribution in [0.1, 0.15) is 20.3 Å². The van der Waals surface area contributed by atoms with E-state index in [1.54, 1.807) is 7.05 Å². The molecule has 1 saturated heterocycles. The lowest BCUT2D eigenvalue weighted by Crippen LogP contribution is -2.53. The summed E-state index contributed by atoms with van der Waals surface area (Å²) in [6.45, 7) is 4.93. The second kappa shape index (κ2) is 5.40. The van der Waals surface area contributed by atoms with E-state index in [0.29, 0.717) is 19.5 Å². The van der Waals surface area contributed by atoms with E-state index in [9.17, 15) is 8.42 Å². The van der Waals surface area contributed by atoms with Crippen molar-refractivity contribution in [3.8, 4) is 0 Å². The molecule has 0 aromatic carbocycles. The highest BCUT2D eigenvalue weighted by molar-refractivity contribution is 7.89. The van der Waals surface area contributed by atoms with Gasteiger partial charge in [0, 0.05) is 32.4 Å². The Balaban J connectivity index is 0.00000180. The van der Waals surface area contributed by atoms with Gasteiger partial charge in [0.2, 0.25) is 10.0 Å².